The van der Waals surface area contributed by atoms with Gasteiger partial charge in [-0.05, 0) is 37.1 Å². The fourth-order valence-corrected chi connectivity index (χ4v) is 3.25. The number of allylic oxidation sites excluding steroid dienone is 1. The average molecular weight is 322 g/mol. The number of fused-ring (bicyclic) bond motifs is 3. The summed E-state index contributed by atoms with van der Waals surface area (Å²) in [7, 11) is 1.65. The van der Waals surface area contributed by atoms with Crippen LogP contribution in [0.4, 0.5) is 0 Å². The zero-order valence-electron chi connectivity index (χ0n) is 10.9. The summed E-state index contributed by atoms with van der Waals surface area (Å²) in [6.45, 7) is 2.00. The summed E-state index contributed by atoms with van der Waals surface area (Å²) in [6, 6.07) is 5.84. The molecule has 3 nitrogen and oxygen atoms in total. The van der Waals surface area contributed by atoms with Gasteiger partial charge in [0, 0.05) is 29.0 Å². The highest BCUT2D eigenvalue weighted by atomic mass is 79.9. The van der Waals surface area contributed by atoms with E-state index < -0.39 is 0 Å². The highest BCUT2D eigenvalue weighted by Gasteiger charge is 2.36. The van der Waals surface area contributed by atoms with Crippen LogP contribution in [0.25, 0.3) is 6.08 Å². The van der Waals surface area contributed by atoms with Crippen molar-refractivity contribution in [1.29, 1.82) is 0 Å². The molecule has 0 atom stereocenters. The first-order valence-corrected chi connectivity index (χ1v) is 7.33. The summed E-state index contributed by atoms with van der Waals surface area (Å²) in [5.74, 6) is 1.32. The summed E-state index contributed by atoms with van der Waals surface area (Å²) >= 11 is 3.46. The SMILES string of the molecule is COc1ccc(Br)cc1C=C1C(=O)C2CCN1CC2. The van der Waals surface area contributed by atoms with Gasteiger partial charge in [-0.15, -0.1) is 0 Å². The van der Waals surface area contributed by atoms with Crippen LogP contribution in [0.1, 0.15) is 18.4 Å². The van der Waals surface area contributed by atoms with Crippen LogP contribution in [0.5, 0.6) is 5.75 Å². The van der Waals surface area contributed by atoms with Crippen LogP contribution >= 0.6 is 15.9 Å². The van der Waals surface area contributed by atoms with Crippen LogP contribution in [0, 0.1) is 5.92 Å². The van der Waals surface area contributed by atoms with Crippen LogP contribution in [0.2, 0.25) is 0 Å². The van der Waals surface area contributed by atoms with Crippen molar-refractivity contribution in [3.63, 3.8) is 0 Å². The molecule has 0 aliphatic carbocycles. The van der Waals surface area contributed by atoms with Gasteiger partial charge < -0.3 is 9.64 Å². The van der Waals surface area contributed by atoms with Gasteiger partial charge in [-0.2, -0.15) is 0 Å². The van der Waals surface area contributed by atoms with Crippen LogP contribution in [-0.4, -0.2) is 30.9 Å². The summed E-state index contributed by atoms with van der Waals surface area (Å²) in [5, 5.41) is 0. The molecular weight excluding hydrogens is 306 g/mol. The van der Waals surface area contributed by atoms with Crippen LogP contribution in [0.3, 0.4) is 0 Å². The van der Waals surface area contributed by atoms with Gasteiger partial charge in [0.1, 0.15) is 5.75 Å². The van der Waals surface area contributed by atoms with Crippen molar-refractivity contribution < 1.29 is 9.53 Å². The molecule has 0 radical (unpaired) electrons. The van der Waals surface area contributed by atoms with Crippen molar-refractivity contribution in [2.24, 2.45) is 5.92 Å². The van der Waals surface area contributed by atoms with Crippen LogP contribution < -0.4 is 4.74 Å². The molecule has 3 saturated heterocycles. The van der Waals surface area contributed by atoms with E-state index in [4.69, 9.17) is 4.74 Å². The maximum Gasteiger partial charge on any atom is 0.182 e. The number of carbonyl (C=O) groups excluding carboxylic acids is 1. The molecule has 19 heavy (non-hydrogen) atoms. The number of nitrogens with zero attached hydrogens (tertiary/aromatic N) is 1. The maximum absolute atomic E-state index is 12.3. The molecule has 3 aliphatic heterocycles. The minimum Gasteiger partial charge on any atom is -0.496 e. The number of hydrogen-bond acceptors (Lipinski definition) is 3. The number of carbonyl (C=O) groups is 1. The van der Waals surface area contributed by atoms with Crippen molar-refractivity contribution in [2.75, 3.05) is 20.2 Å². The zero-order valence-corrected chi connectivity index (χ0v) is 12.4. The zero-order chi connectivity index (χ0) is 13.4. The first-order chi connectivity index (χ1) is 9.19. The molecule has 0 N–H and O–H groups in total. The second-order valence-electron chi connectivity index (χ2n) is 5.04. The smallest absolute Gasteiger partial charge is 0.182 e. The summed E-state index contributed by atoms with van der Waals surface area (Å²) in [6.07, 6.45) is 3.98. The summed E-state index contributed by atoms with van der Waals surface area (Å²) < 4.78 is 6.35. The number of ether oxygens (including phenoxy) is 1. The Morgan fingerprint density at radius 1 is 1.37 bits per heavy atom. The molecule has 2 bridgehead atoms. The van der Waals surface area contributed by atoms with Crippen molar-refractivity contribution >= 4 is 27.8 Å². The highest BCUT2D eigenvalue weighted by Crippen LogP contribution is 2.34. The molecule has 0 spiro atoms. The molecule has 0 aromatic heterocycles. The molecule has 3 aliphatic rings. The van der Waals surface area contributed by atoms with E-state index in [1.807, 2.05) is 24.3 Å². The molecule has 3 heterocycles. The fourth-order valence-electron chi connectivity index (χ4n) is 2.88. The molecule has 4 rings (SSSR count). The van der Waals surface area contributed by atoms with Gasteiger partial charge in [0.15, 0.2) is 5.78 Å². The number of piperidine rings is 3. The lowest BCUT2D eigenvalue weighted by Crippen LogP contribution is -2.45. The number of Topliss-reactive ketones (excluding diaryl/α,β-unsaturated/α-hetero) is 1. The third-order valence-corrected chi connectivity index (χ3v) is 4.44. The van der Waals surface area contributed by atoms with Gasteiger partial charge in [0.05, 0.1) is 12.8 Å². The molecule has 0 saturated carbocycles. The summed E-state index contributed by atoms with van der Waals surface area (Å²) in [4.78, 5) is 14.5. The van der Waals surface area contributed by atoms with E-state index >= 15 is 0 Å². The Kier molecular flexibility index (Phi) is 3.35. The molecule has 3 fully saturated rings. The van der Waals surface area contributed by atoms with Crippen LogP contribution in [0.15, 0.2) is 28.4 Å². The van der Waals surface area contributed by atoms with E-state index in [1.54, 1.807) is 7.11 Å². The number of rotatable bonds is 2. The van der Waals surface area contributed by atoms with Crippen molar-refractivity contribution in [2.45, 2.75) is 12.8 Å². The maximum atomic E-state index is 12.3. The number of methoxy groups -OCH3 is 1. The Morgan fingerprint density at radius 2 is 2.11 bits per heavy atom. The van der Waals surface area contributed by atoms with Gasteiger partial charge >= 0.3 is 0 Å². The van der Waals surface area contributed by atoms with Gasteiger partial charge in [-0.1, -0.05) is 15.9 Å². The minimum atomic E-state index is 0.231. The van der Waals surface area contributed by atoms with E-state index in [-0.39, 0.29) is 5.92 Å². The predicted molar refractivity (Wildman–Crippen MR) is 78.0 cm³/mol. The Labute approximate surface area is 121 Å². The Bertz CT molecular complexity index is 545. The van der Waals surface area contributed by atoms with Gasteiger partial charge in [0.25, 0.3) is 0 Å². The van der Waals surface area contributed by atoms with E-state index in [2.05, 4.69) is 20.8 Å². The van der Waals surface area contributed by atoms with E-state index in [0.717, 1.165) is 47.4 Å². The predicted octanol–water partition coefficient (Wildman–Crippen LogP) is 3.09. The molecule has 1 aromatic carbocycles. The van der Waals surface area contributed by atoms with E-state index in [9.17, 15) is 4.79 Å². The molecule has 0 unspecified atom stereocenters. The quantitative estimate of drug-likeness (QED) is 0.784. The van der Waals surface area contributed by atoms with Crippen molar-refractivity contribution in [3.8, 4) is 5.75 Å². The Hall–Kier alpha value is -1.29. The minimum absolute atomic E-state index is 0.231. The van der Waals surface area contributed by atoms with E-state index in [0.29, 0.717) is 5.78 Å². The first kappa shape index (κ1) is 12.7. The second-order valence-corrected chi connectivity index (χ2v) is 5.96. The second kappa shape index (κ2) is 5.00. The fraction of sp³-hybridized carbons (Fsp3) is 0.400. The lowest BCUT2D eigenvalue weighted by atomic mass is 9.84. The van der Waals surface area contributed by atoms with Gasteiger partial charge in [-0.3, -0.25) is 4.79 Å². The monoisotopic (exact) mass is 321 g/mol. The first-order valence-electron chi connectivity index (χ1n) is 6.53. The summed E-state index contributed by atoms with van der Waals surface area (Å²) in [5.41, 5.74) is 1.80. The van der Waals surface area contributed by atoms with Gasteiger partial charge in [-0.25, -0.2) is 0 Å². The molecule has 4 heteroatoms. The van der Waals surface area contributed by atoms with Crippen LogP contribution in [-0.2, 0) is 4.79 Å². The molecular formula is C15H16BrNO2. The molecule has 1 aromatic rings. The highest BCUT2D eigenvalue weighted by molar-refractivity contribution is 9.10. The van der Waals surface area contributed by atoms with Crippen molar-refractivity contribution in [3.05, 3.63) is 33.9 Å². The van der Waals surface area contributed by atoms with E-state index in [1.165, 1.54) is 0 Å². The largest absolute Gasteiger partial charge is 0.496 e. The Balaban J connectivity index is 2.01. The standard InChI is InChI=1S/C15H16BrNO2/c1-19-14-3-2-12(16)8-11(14)9-13-15(18)10-4-6-17(13)7-5-10/h2-3,8-10H,4-7H2,1H3. The number of halogens is 1. The average Bonchev–Trinajstić information content (AvgIpc) is 2.43. The lowest BCUT2D eigenvalue weighted by Gasteiger charge is -2.41. The topological polar surface area (TPSA) is 29.5 Å². The van der Waals surface area contributed by atoms with Gasteiger partial charge in [0.2, 0.25) is 0 Å². The lowest BCUT2D eigenvalue weighted by molar-refractivity contribution is -0.125. The number of benzene rings is 1. The number of hydrogen-bond donors (Lipinski definition) is 0. The molecule has 0 amide bonds. The number of ketones is 1. The molecule has 100 valence electrons. The van der Waals surface area contributed by atoms with Crippen molar-refractivity contribution in [1.82, 2.24) is 4.90 Å². The normalized spacial score (nSPS) is 21.3. The Morgan fingerprint density at radius 3 is 2.74 bits per heavy atom. The third-order valence-electron chi connectivity index (χ3n) is 3.94. The third kappa shape index (κ3) is 2.29.